The van der Waals surface area contributed by atoms with Crippen molar-refractivity contribution in [3.63, 3.8) is 0 Å². The maximum Gasteiger partial charge on any atom is 0.295 e. The third kappa shape index (κ3) is 4.48. The fourth-order valence-corrected chi connectivity index (χ4v) is 3.98. The van der Waals surface area contributed by atoms with Crippen molar-refractivity contribution in [2.45, 2.75) is 58.4 Å². The predicted molar refractivity (Wildman–Crippen MR) is 120 cm³/mol. The number of aliphatic hydroxyl groups is 1. The SMILES string of the molecule is CCCCCCN1C(=O)C(=O)/C(=C(/O)c2ccccc2)C1c1ccc(C(C)C)cc1. The van der Waals surface area contributed by atoms with E-state index in [0.717, 1.165) is 31.2 Å². The van der Waals surface area contributed by atoms with Crippen LogP contribution in [-0.2, 0) is 9.59 Å². The van der Waals surface area contributed by atoms with Gasteiger partial charge in [-0.05, 0) is 23.5 Å². The fourth-order valence-electron chi connectivity index (χ4n) is 3.98. The minimum atomic E-state index is -0.607. The summed E-state index contributed by atoms with van der Waals surface area (Å²) in [6.07, 6.45) is 4.05. The first-order chi connectivity index (χ1) is 14.5. The molecule has 0 saturated carbocycles. The number of carbonyl (C=O) groups is 2. The second-order valence-corrected chi connectivity index (χ2v) is 8.24. The molecule has 1 aliphatic heterocycles. The van der Waals surface area contributed by atoms with Crippen LogP contribution in [-0.4, -0.2) is 28.2 Å². The number of unbranched alkanes of at least 4 members (excludes halogenated alkanes) is 3. The Morgan fingerprint density at radius 3 is 2.23 bits per heavy atom. The maximum absolute atomic E-state index is 13.0. The van der Waals surface area contributed by atoms with E-state index in [4.69, 9.17) is 0 Å². The number of rotatable bonds is 8. The Bertz CT molecular complexity index is 913. The smallest absolute Gasteiger partial charge is 0.295 e. The van der Waals surface area contributed by atoms with Gasteiger partial charge in [0, 0.05) is 12.1 Å². The first-order valence-electron chi connectivity index (χ1n) is 10.9. The van der Waals surface area contributed by atoms with Gasteiger partial charge < -0.3 is 10.0 Å². The topological polar surface area (TPSA) is 57.6 Å². The number of benzene rings is 2. The monoisotopic (exact) mass is 405 g/mol. The van der Waals surface area contributed by atoms with Crippen LogP contribution in [0.15, 0.2) is 60.2 Å². The lowest BCUT2D eigenvalue weighted by atomic mass is 9.93. The van der Waals surface area contributed by atoms with Gasteiger partial charge in [-0.25, -0.2) is 0 Å². The fraction of sp³-hybridized carbons (Fsp3) is 0.385. The Kier molecular flexibility index (Phi) is 7.09. The van der Waals surface area contributed by atoms with Crippen LogP contribution < -0.4 is 0 Å². The molecule has 1 saturated heterocycles. The number of hydrogen-bond donors (Lipinski definition) is 1. The van der Waals surface area contributed by atoms with Crippen molar-refractivity contribution in [1.82, 2.24) is 4.90 Å². The molecule has 1 N–H and O–H groups in total. The van der Waals surface area contributed by atoms with Gasteiger partial charge in [0.25, 0.3) is 11.7 Å². The number of carbonyl (C=O) groups excluding carboxylic acids is 2. The van der Waals surface area contributed by atoms with Crippen molar-refractivity contribution in [3.8, 4) is 0 Å². The van der Waals surface area contributed by atoms with Crippen LogP contribution >= 0.6 is 0 Å². The number of Topliss-reactive ketones (excluding diaryl/α,β-unsaturated/α-hetero) is 1. The second kappa shape index (κ2) is 9.75. The molecule has 1 unspecified atom stereocenters. The molecular formula is C26H31NO3. The summed E-state index contributed by atoms with van der Waals surface area (Å²) < 4.78 is 0. The summed E-state index contributed by atoms with van der Waals surface area (Å²) in [5, 5.41) is 11.0. The summed E-state index contributed by atoms with van der Waals surface area (Å²) in [6.45, 7) is 6.91. The molecule has 4 nitrogen and oxygen atoms in total. The molecule has 0 spiro atoms. The van der Waals surface area contributed by atoms with Gasteiger partial charge >= 0.3 is 0 Å². The van der Waals surface area contributed by atoms with Crippen molar-refractivity contribution in [3.05, 3.63) is 76.9 Å². The largest absolute Gasteiger partial charge is 0.507 e. The van der Waals surface area contributed by atoms with Crippen LogP contribution in [0.4, 0.5) is 0 Å². The Morgan fingerprint density at radius 1 is 0.967 bits per heavy atom. The quantitative estimate of drug-likeness (QED) is 0.261. The zero-order chi connectivity index (χ0) is 21.7. The van der Waals surface area contributed by atoms with Gasteiger partial charge in [-0.2, -0.15) is 0 Å². The number of likely N-dealkylation sites (tertiary alicyclic amines) is 1. The lowest BCUT2D eigenvalue weighted by Crippen LogP contribution is -2.30. The standard InChI is InChI=1S/C26H31NO3/c1-4-5-6-10-17-27-23(20-15-13-19(14-16-20)18(2)3)22(25(29)26(27)30)24(28)21-11-8-7-9-12-21/h7-9,11-16,18,23,28H,4-6,10,17H2,1-3H3/b24-22+. The summed E-state index contributed by atoms with van der Waals surface area (Å²) in [7, 11) is 0. The molecule has 0 radical (unpaired) electrons. The van der Waals surface area contributed by atoms with Crippen molar-refractivity contribution in [2.24, 2.45) is 0 Å². The number of ketones is 1. The molecule has 2 aromatic carbocycles. The van der Waals surface area contributed by atoms with Gasteiger partial charge in [-0.3, -0.25) is 9.59 Å². The zero-order valence-electron chi connectivity index (χ0n) is 18.1. The van der Waals surface area contributed by atoms with Gasteiger partial charge in [-0.1, -0.05) is 94.6 Å². The van der Waals surface area contributed by atoms with Crippen molar-refractivity contribution < 1.29 is 14.7 Å². The van der Waals surface area contributed by atoms with Gasteiger partial charge in [0.2, 0.25) is 0 Å². The molecule has 1 amide bonds. The van der Waals surface area contributed by atoms with Crippen LogP contribution in [0.25, 0.3) is 5.76 Å². The predicted octanol–water partition coefficient (Wildman–Crippen LogP) is 5.81. The molecule has 3 rings (SSSR count). The molecular weight excluding hydrogens is 374 g/mol. The van der Waals surface area contributed by atoms with Crippen molar-refractivity contribution in [1.29, 1.82) is 0 Å². The lowest BCUT2D eigenvalue weighted by Gasteiger charge is -2.25. The van der Waals surface area contributed by atoms with Gasteiger partial charge in [0.1, 0.15) is 5.76 Å². The summed E-state index contributed by atoms with van der Waals surface area (Å²) >= 11 is 0. The van der Waals surface area contributed by atoms with E-state index in [1.807, 2.05) is 42.5 Å². The minimum Gasteiger partial charge on any atom is -0.507 e. The highest BCUT2D eigenvalue weighted by Crippen LogP contribution is 2.39. The molecule has 1 atom stereocenters. The van der Waals surface area contributed by atoms with E-state index in [2.05, 4.69) is 20.8 Å². The highest BCUT2D eigenvalue weighted by atomic mass is 16.3. The molecule has 1 aliphatic rings. The molecule has 0 bridgehead atoms. The summed E-state index contributed by atoms with van der Waals surface area (Å²) in [6, 6.07) is 16.4. The molecule has 0 aliphatic carbocycles. The van der Waals surface area contributed by atoms with Crippen LogP contribution in [0.3, 0.4) is 0 Å². The normalized spacial score (nSPS) is 18.4. The van der Waals surface area contributed by atoms with Crippen LogP contribution in [0, 0.1) is 0 Å². The Balaban J connectivity index is 2.05. The number of nitrogens with zero attached hydrogens (tertiary/aromatic N) is 1. The van der Waals surface area contributed by atoms with Crippen LogP contribution in [0.2, 0.25) is 0 Å². The van der Waals surface area contributed by atoms with E-state index in [1.165, 1.54) is 5.56 Å². The summed E-state index contributed by atoms with van der Waals surface area (Å²) in [5.41, 5.74) is 2.78. The Labute approximate surface area is 179 Å². The first-order valence-corrected chi connectivity index (χ1v) is 10.9. The highest BCUT2D eigenvalue weighted by Gasteiger charge is 2.45. The minimum absolute atomic E-state index is 0.108. The Morgan fingerprint density at radius 2 is 1.63 bits per heavy atom. The van der Waals surface area contributed by atoms with Crippen LogP contribution in [0.1, 0.15) is 75.1 Å². The highest BCUT2D eigenvalue weighted by molar-refractivity contribution is 6.46. The second-order valence-electron chi connectivity index (χ2n) is 8.24. The van der Waals surface area contributed by atoms with E-state index in [0.29, 0.717) is 18.0 Å². The van der Waals surface area contributed by atoms with Gasteiger partial charge in [0.15, 0.2) is 0 Å². The summed E-state index contributed by atoms with van der Waals surface area (Å²) in [4.78, 5) is 27.5. The molecule has 158 valence electrons. The third-order valence-electron chi connectivity index (χ3n) is 5.76. The van der Waals surface area contributed by atoms with E-state index < -0.39 is 17.7 Å². The number of aliphatic hydroxyl groups excluding tert-OH is 1. The number of amides is 1. The van der Waals surface area contributed by atoms with E-state index in [1.54, 1.807) is 17.0 Å². The van der Waals surface area contributed by atoms with E-state index in [9.17, 15) is 14.7 Å². The molecule has 1 heterocycles. The average molecular weight is 406 g/mol. The first kappa shape index (κ1) is 21.8. The van der Waals surface area contributed by atoms with Crippen LogP contribution in [0.5, 0.6) is 0 Å². The van der Waals surface area contributed by atoms with Gasteiger partial charge in [0.05, 0.1) is 11.6 Å². The molecule has 4 heteroatoms. The molecule has 30 heavy (non-hydrogen) atoms. The van der Waals surface area contributed by atoms with E-state index in [-0.39, 0.29) is 11.3 Å². The van der Waals surface area contributed by atoms with E-state index >= 15 is 0 Å². The third-order valence-corrected chi connectivity index (χ3v) is 5.76. The molecule has 1 fully saturated rings. The Hall–Kier alpha value is -2.88. The zero-order valence-corrected chi connectivity index (χ0v) is 18.1. The van der Waals surface area contributed by atoms with Crippen molar-refractivity contribution in [2.75, 3.05) is 6.54 Å². The molecule has 0 aromatic heterocycles. The average Bonchev–Trinajstić information content (AvgIpc) is 3.01. The van der Waals surface area contributed by atoms with Gasteiger partial charge in [-0.15, -0.1) is 0 Å². The lowest BCUT2D eigenvalue weighted by molar-refractivity contribution is -0.139. The summed E-state index contributed by atoms with van der Waals surface area (Å²) in [5.74, 6) is -0.849. The molecule has 2 aromatic rings. The maximum atomic E-state index is 13.0. The van der Waals surface area contributed by atoms with Crippen molar-refractivity contribution >= 4 is 17.4 Å². The number of hydrogen-bond acceptors (Lipinski definition) is 3.